The molecule has 4 rings (SSSR count). The topological polar surface area (TPSA) is 37.3 Å². The van der Waals surface area contributed by atoms with Gasteiger partial charge in [-0.3, -0.25) is 4.79 Å². The van der Waals surface area contributed by atoms with E-state index in [-0.39, 0.29) is 10.8 Å². The van der Waals surface area contributed by atoms with Gasteiger partial charge in [0.05, 0.1) is 5.60 Å². The molecule has 0 radical (unpaired) electrons. The van der Waals surface area contributed by atoms with Gasteiger partial charge in [0.2, 0.25) is 0 Å². The van der Waals surface area contributed by atoms with Crippen LogP contribution in [-0.2, 0) is 4.79 Å². The highest BCUT2D eigenvalue weighted by Crippen LogP contribution is 2.67. The number of fused-ring (bicyclic) bond motifs is 5. The summed E-state index contributed by atoms with van der Waals surface area (Å²) >= 11 is 0. The van der Waals surface area contributed by atoms with Crippen LogP contribution in [0.3, 0.4) is 0 Å². The Bertz CT molecular complexity index is 546. The molecule has 0 aliphatic heterocycles. The van der Waals surface area contributed by atoms with Crippen LogP contribution in [0.15, 0.2) is 11.6 Å². The van der Waals surface area contributed by atoms with Crippen molar-refractivity contribution in [2.45, 2.75) is 77.7 Å². The van der Waals surface area contributed by atoms with Crippen molar-refractivity contribution in [3.05, 3.63) is 11.6 Å². The summed E-state index contributed by atoms with van der Waals surface area (Å²) in [6.45, 7) is 6.85. The maximum Gasteiger partial charge on any atom is 0.155 e. The molecule has 122 valence electrons. The van der Waals surface area contributed by atoms with E-state index in [9.17, 15) is 9.90 Å². The largest absolute Gasteiger partial charge is 0.390 e. The van der Waals surface area contributed by atoms with Gasteiger partial charge in [-0.1, -0.05) is 19.4 Å². The molecule has 22 heavy (non-hydrogen) atoms. The minimum Gasteiger partial charge on any atom is -0.390 e. The molecule has 0 saturated heterocycles. The van der Waals surface area contributed by atoms with Gasteiger partial charge < -0.3 is 5.11 Å². The van der Waals surface area contributed by atoms with Crippen molar-refractivity contribution in [1.82, 2.24) is 0 Å². The van der Waals surface area contributed by atoms with Crippen LogP contribution in [0.4, 0.5) is 0 Å². The maximum atomic E-state index is 11.8. The summed E-state index contributed by atoms with van der Waals surface area (Å²) in [5, 5.41) is 10.9. The Labute approximate surface area is 134 Å². The molecule has 3 fully saturated rings. The molecular formula is C20H30O2. The normalized spacial score (nSPS) is 54.3. The SMILES string of the molecule is C[C@]12CCC(=O)C=C1CC[C@@H]1[C@H]2CC[C@@]2(C)[C@@H]1CC[C@@]2(C)O. The Balaban J connectivity index is 1.70. The van der Waals surface area contributed by atoms with Crippen molar-refractivity contribution in [3.8, 4) is 0 Å². The molecule has 0 aromatic heterocycles. The van der Waals surface area contributed by atoms with Crippen molar-refractivity contribution >= 4 is 5.78 Å². The van der Waals surface area contributed by atoms with Crippen molar-refractivity contribution in [2.75, 3.05) is 0 Å². The fourth-order valence-corrected chi connectivity index (χ4v) is 6.80. The van der Waals surface area contributed by atoms with Crippen molar-refractivity contribution in [1.29, 1.82) is 0 Å². The van der Waals surface area contributed by atoms with E-state index in [0.29, 0.717) is 11.7 Å². The summed E-state index contributed by atoms with van der Waals surface area (Å²) in [7, 11) is 0. The van der Waals surface area contributed by atoms with Gasteiger partial charge in [0, 0.05) is 6.42 Å². The fourth-order valence-electron chi connectivity index (χ4n) is 6.80. The zero-order valence-electron chi connectivity index (χ0n) is 14.3. The lowest BCUT2D eigenvalue weighted by Crippen LogP contribution is -2.53. The molecule has 4 aliphatic carbocycles. The van der Waals surface area contributed by atoms with Crippen LogP contribution in [0.5, 0.6) is 0 Å². The average molecular weight is 302 g/mol. The van der Waals surface area contributed by atoms with E-state index < -0.39 is 5.60 Å². The molecule has 0 aromatic carbocycles. The second-order valence-corrected chi connectivity index (χ2v) is 9.24. The highest BCUT2D eigenvalue weighted by Gasteiger charge is 2.62. The van der Waals surface area contributed by atoms with Gasteiger partial charge in [0.1, 0.15) is 0 Å². The molecule has 0 unspecified atom stereocenters. The molecule has 0 amide bonds. The first-order valence-electron chi connectivity index (χ1n) is 9.24. The van der Waals surface area contributed by atoms with E-state index in [4.69, 9.17) is 0 Å². The number of allylic oxidation sites excluding steroid dienone is 1. The van der Waals surface area contributed by atoms with Crippen LogP contribution < -0.4 is 0 Å². The first kappa shape index (κ1) is 14.9. The number of aliphatic hydroxyl groups is 1. The second-order valence-electron chi connectivity index (χ2n) is 9.24. The van der Waals surface area contributed by atoms with Crippen LogP contribution >= 0.6 is 0 Å². The molecule has 4 aliphatic rings. The number of carbonyl (C=O) groups excluding carboxylic acids is 1. The lowest BCUT2D eigenvalue weighted by atomic mass is 9.46. The highest BCUT2D eigenvalue weighted by molar-refractivity contribution is 5.91. The monoisotopic (exact) mass is 302 g/mol. The van der Waals surface area contributed by atoms with Gasteiger partial charge in [-0.05, 0) is 86.5 Å². The van der Waals surface area contributed by atoms with E-state index in [1.165, 1.54) is 24.8 Å². The van der Waals surface area contributed by atoms with Crippen LogP contribution in [0.1, 0.15) is 72.1 Å². The number of ketones is 1. The summed E-state index contributed by atoms with van der Waals surface area (Å²) in [6.07, 6.45) is 10.7. The van der Waals surface area contributed by atoms with Gasteiger partial charge in [-0.25, -0.2) is 0 Å². The highest BCUT2D eigenvalue weighted by atomic mass is 16.3. The molecule has 6 atom stereocenters. The zero-order chi connectivity index (χ0) is 15.8. The van der Waals surface area contributed by atoms with E-state index in [2.05, 4.69) is 20.8 Å². The Hall–Kier alpha value is -0.630. The number of rotatable bonds is 0. The molecule has 0 spiro atoms. The minimum atomic E-state index is -0.484. The Kier molecular flexibility index (Phi) is 3.03. The third-order valence-electron chi connectivity index (χ3n) is 8.52. The number of carbonyl (C=O) groups is 1. The summed E-state index contributed by atoms with van der Waals surface area (Å²) < 4.78 is 0. The molecular weight excluding hydrogens is 272 g/mol. The van der Waals surface area contributed by atoms with Crippen molar-refractivity contribution in [3.63, 3.8) is 0 Å². The lowest BCUT2D eigenvalue weighted by Gasteiger charge is -2.58. The van der Waals surface area contributed by atoms with E-state index in [0.717, 1.165) is 43.9 Å². The van der Waals surface area contributed by atoms with Crippen LogP contribution in [-0.4, -0.2) is 16.5 Å². The molecule has 0 bridgehead atoms. The van der Waals surface area contributed by atoms with E-state index in [1.807, 2.05) is 6.08 Å². The molecule has 0 aromatic rings. The summed E-state index contributed by atoms with van der Waals surface area (Å²) in [4.78, 5) is 11.8. The quantitative estimate of drug-likeness (QED) is 0.725. The lowest BCUT2D eigenvalue weighted by molar-refractivity contribution is -0.124. The Morgan fingerprint density at radius 3 is 2.50 bits per heavy atom. The average Bonchev–Trinajstić information content (AvgIpc) is 2.70. The summed E-state index contributed by atoms with van der Waals surface area (Å²) in [6, 6.07) is 0. The third kappa shape index (κ3) is 1.74. The Morgan fingerprint density at radius 2 is 1.73 bits per heavy atom. The van der Waals surface area contributed by atoms with Gasteiger partial charge >= 0.3 is 0 Å². The summed E-state index contributed by atoms with van der Waals surface area (Å²) in [5.41, 5.74) is 1.32. The predicted octanol–water partition coefficient (Wildman–Crippen LogP) is 4.27. The van der Waals surface area contributed by atoms with Gasteiger partial charge in [-0.15, -0.1) is 0 Å². The van der Waals surface area contributed by atoms with Crippen molar-refractivity contribution in [2.24, 2.45) is 28.6 Å². The maximum absolute atomic E-state index is 11.8. The smallest absolute Gasteiger partial charge is 0.155 e. The van der Waals surface area contributed by atoms with Gasteiger partial charge in [0.15, 0.2) is 5.78 Å². The molecule has 3 saturated carbocycles. The number of hydrogen-bond acceptors (Lipinski definition) is 2. The summed E-state index contributed by atoms with van der Waals surface area (Å²) in [5.74, 6) is 2.50. The van der Waals surface area contributed by atoms with E-state index in [1.54, 1.807) is 0 Å². The molecule has 0 heterocycles. The van der Waals surface area contributed by atoms with Gasteiger partial charge in [0.25, 0.3) is 0 Å². The fraction of sp³-hybridized carbons (Fsp3) is 0.850. The third-order valence-corrected chi connectivity index (χ3v) is 8.52. The predicted molar refractivity (Wildman–Crippen MR) is 87.3 cm³/mol. The molecule has 2 nitrogen and oxygen atoms in total. The molecule has 1 N–H and O–H groups in total. The van der Waals surface area contributed by atoms with Gasteiger partial charge in [-0.2, -0.15) is 0 Å². The van der Waals surface area contributed by atoms with Crippen LogP contribution in [0.25, 0.3) is 0 Å². The van der Waals surface area contributed by atoms with E-state index >= 15 is 0 Å². The van der Waals surface area contributed by atoms with Crippen LogP contribution in [0.2, 0.25) is 0 Å². The molecule has 2 heteroatoms. The second kappa shape index (κ2) is 4.47. The number of hydrogen-bond donors (Lipinski definition) is 1. The standard InChI is InChI=1S/C20H30O2/c1-18-9-6-14(21)12-13(18)4-5-15-16(18)7-10-19(2)17(15)8-11-20(19,3)22/h12,15-17,22H,4-11H2,1-3H3/t15-,16-,17-,18+,19+,20-/m1/s1. The van der Waals surface area contributed by atoms with Crippen molar-refractivity contribution < 1.29 is 9.90 Å². The first-order valence-corrected chi connectivity index (χ1v) is 9.24. The van der Waals surface area contributed by atoms with Crippen LogP contribution in [0, 0.1) is 28.6 Å². The first-order chi connectivity index (χ1) is 10.3. The zero-order valence-corrected chi connectivity index (χ0v) is 14.3. The Morgan fingerprint density at radius 1 is 1.00 bits per heavy atom. The minimum absolute atomic E-state index is 0.107.